The molecule has 2 N–H and O–H groups in total. The first-order chi connectivity index (χ1) is 6.15. The molecule has 0 spiro atoms. The molecule has 3 heteroatoms. The number of pyridine rings is 1. The summed E-state index contributed by atoms with van der Waals surface area (Å²) in [7, 11) is 0. The minimum Gasteiger partial charge on any atom is -0.330 e. The molecule has 1 rings (SSSR count). The van der Waals surface area contributed by atoms with Gasteiger partial charge in [-0.25, -0.2) is 4.98 Å². The van der Waals surface area contributed by atoms with Crippen molar-refractivity contribution in [2.75, 3.05) is 6.54 Å². The minimum atomic E-state index is 0.394. The van der Waals surface area contributed by atoms with Gasteiger partial charge in [0.1, 0.15) is 5.15 Å². The maximum atomic E-state index is 6.01. The van der Waals surface area contributed by atoms with Crippen LogP contribution in [0.1, 0.15) is 30.5 Å². The van der Waals surface area contributed by atoms with Crippen LogP contribution in [0.2, 0.25) is 5.15 Å². The highest BCUT2D eigenvalue weighted by molar-refractivity contribution is 6.30. The van der Waals surface area contributed by atoms with Crippen LogP contribution in [0.4, 0.5) is 0 Å². The van der Waals surface area contributed by atoms with E-state index in [4.69, 9.17) is 17.3 Å². The summed E-state index contributed by atoms with van der Waals surface area (Å²) in [5.41, 5.74) is 7.53. The predicted molar refractivity (Wildman–Crippen MR) is 56.1 cm³/mol. The number of rotatable bonds is 3. The van der Waals surface area contributed by atoms with Crippen LogP contribution in [0.25, 0.3) is 0 Å². The van der Waals surface area contributed by atoms with Gasteiger partial charge >= 0.3 is 0 Å². The minimum absolute atomic E-state index is 0.394. The largest absolute Gasteiger partial charge is 0.330 e. The summed E-state index contributed by atoms with van der Waals surface area (Å²) in [6, 6.07) is 4.01. The van der Waals surface area contributed by atoms with Crippen molar-refractivity contribution in [3.63, 3.8) is 0 Å². The summed E-state index contributed by atoms with van der Waals surface area (Å²) < 4.78 is 0. The number of nitrogens with zero attached hydrogens (tertiary/aromatic N) is 1. The van der Waals surface area contributed by atoms with Crippen molar-refractivity contribution in [2.45, 2.75) is 26.2 Å². The summed E-state index contributed by atoms with van der Waals surface area (Å²) >= 11 is 6.01. The lowest BCUT2D eigenvalue weighted by Gasteiger charge is -2.11. The van der Waals surface area contributed by atoms with Crippen LogP contribution in [0.15, 0.2) is 12.1 Å². The van der Waals surface area contributed by atoms with Gasteiger partial charge in [0.25, 0.3) is 0 Å². The number of aryl methyl sites for hydroxylation is 1. The van der Waals surface area contributed by atoms with E-state index in [-0.39, 0.29) is 0 Å². The Balaban J connectivity index is 2.88. The zero-order chi connectivity index (χ0) is 9.84. The molecule has 2 nitrogen and oxygen atoms in total. The van der Waals surface area contributed by atoms with Crippen molar-refractivity contribution in [1.82, 2.24) is 4.98 Å². The number of aromatic nitrogens is 1. The molecule has 0 radical (unpaired) electrons. The monoisotopic (exact) mass is 198 g/mol. The van der Waals surface area contributed by atoms with Gasteiger partial charge in [-0.05, 0) is 37.4 Å². The van der Waals surface area contributed by atoms with Gasteiger partial charge in [0, 0.05) is 5.69 Å². The average Bonchev–Trinajstić information content (AvgIpc) is 2.04. The van der Waals surface area contributed by atoms with E-state index in [1.165, 1.54) is 0 Å². The maximum absolute atomic E-state index is 6.01. The van der Waals surface area contributed by atoms with Crippen LogP contribution < -0.4 is 5.73 Å². The smallest absolute Gasteiger partial charge is 0.132 e. The molecule has 0 saturated carbocycles. The van der Waals surface area contributed by atoms with Crippen molar-refractivity contribution in [1.29, 1.82) is 0 Å². The fourth-order valence-corrected chi connectivity index (χ4v) is 1.69. The van der Waals surface area contributed by atoms with Crippen molar-refractivity contribution >= 4 is 11.6 Å². The number of halogens is 1. The second-order valence-corrected chi connectivity index (χ2v) is 3.67. The molecule has 0 aliphatic rings. The van der Waals surface area contributed by atoms with E-state index in [1.807, 2.05) is 19.1 Å². The molecule has 0 bridgehead atoms. The highest BCUT2D eigenvalue weighted by Crippen LogP contribution is 2.24. The molecular weight excluding hydrogens is 184 g/mol. The standard InChI is InChI=1S/C10H15ClN2/c1-7(5-6-12)9-4-3-8(2)13-10(9)11/h3-4,7H,5-6,12H2,1-2H3. The molecular formula is C10H15ClN2. The Labute approximate surface area is 84.1 Å². The molecule has 0 fully saturated rings. The van der Waals surface area contributed by atoms with Crippen molar-refractivity contribution in [2.24, 2.45) is 5.73 Å². The Bertz CT molecular complexity index is 286. The van der Waals surface area contributed by atoms with Gasteiger partial charge < -0.3 is 5.73 Å². The van der Waals surface area contributed by atoms with Gasteiger partial charge in [-0.1, -0.05) is 24.6 Å². The second-order valence-electron chi connectivity index (χ2n) is 3.31. The van der Waals surface area contributed by atoms with Crippen LogP contribution in [0.3, 0.4) is 0 Å². The molecule has 13 heavy (non-hydrogen) atoms. The third-order valence-corrected chi connectivity index (χ3v) is 2.45. The average molecular weight is 199 g/mol. The first-order valence-electron chi connectivity index (χ1n) is 4.48. The Kier molecular flexibility index (Phi) is 3.70. The molecule has 0 saturated heterocycles. The Morgan fingerprint density at radius 3 is 2.77 bits per heavy atom. The van der Waals surface area contributed by atoms with E-state index < -0.39 is 0 Å². The van der Waals surface area contributed by atoms with Gasteiger partial charge in [-0.15, -0.1) is 0 Å². The predicted octanol–water partition coefficient (Wildman–Crippen LogP) is 2.50. The lowest BCUT2D eigenvalue weighted by molar-refractivity contribution is 0.687. The summed E-state index contributed by atoms with van der Waals surface area (Å²) in [5.74, 6) is 0.394. The third kappa shape index (κ3) is 2.68. The summed E-state index contributed by atoms with van der Waals surface area (Å²) in [5, 5.41) is 0.612. The Morgan fingerprint density at radius 2 is 2.23 bits per heavy atom. The van der Waals surface area contributed by atoms with Crippen molar-refractivity contribution in [3.8, 4) is 0 Å². The molecule has 0 aromatic carbocycles. The van der Waals surface area contributed by atoms with Crippen LogP contribution in [0.5, 0.6) is 0 Å². The number of hydrogen-bond donors (Lipinski definition) is 1. The van der Waals surface area contributed by atoms with E-state index in [1.54, 1.807) is 0 Å². The molecule has 0 amide bonds. The van der Waals surface area contributed by atoms with Crippen LogP contribution in [0, 0.1) is 6.92 Å². The van der Waals surface area contributed by atoms with Gasteiger partial charge in [-0.2, -0.15) is 0 Å². The molecule has 1 unspecified atom stereocenters. The quantitative estimate of drug-likeness (QED) is 0.758. The van der Waals surface area contributed by atoms with Crippen molar-refractivity contribution in [3.05, 3.63) is 28.5 Å². The van der Waals surface area contributed by atoms with Crippen LogP contribution >= 0.6 is 11.6 Å². The zero-order valence-corrected chi connectivity index (χ0v) is 8.80. The Morgan fingerprint density at radius 1 is 1.54 bits per heavy atom. The molecule has 1 atom stereocenters. The normalized spacial score (nSPS) is 12.9. The van der Waals surface area contributed by atoms with E-state index in [0.717, 1.165) is 17.7 Å². The fourth-order valence-electron chi connectivity index (χ4n) is 1.31. The molecule has 1 aromatic rings. The molecule has 1 aromatic heterocycles. The molecule has 0 aliphatic carbocycles. The van der Waals surface area contributed by atoms with Crippen molar-refractivity contribution < 1.29 is 0 Å². The van der Waals surface area contributed by atoms with Gasteiger partial charge in [0.05, 0.1) is 0 Å². The highest BCUT2D eigenvalue weighted by Gasteiger charge is 2.09. The summed E-state index contributed by atoms with van der Waals surface area (Å²) in [6.07, 6.45) is 0.949. The lowest BCUT2D eigenvalue weighted by Crippen LogP contribution is -2.05. The van der Waals surface area contributed by atoms with E-state index in [0.29, 0.717) is 17.6 Å². The zero-order valence-electron chi connectivity index (χ0n) is 8.05. The third-order valence-electron chi connectivity index (χ3n) is 2.15. The first kappa shape index (κ1) is 10.5. The van der Waals surface area contributed by atoms with Crippen LogP contribution in [-0.4, -0.2) is 11.5 Å². The number of nitrogens with two attached hydrogens (primary N) is 1. The first-order valence-corrected chi connectivity index (χ1v) is 4.86. The van der Waals surface area contributed by atoms with E-state index in [2.05, 4.69) is 11.9 Å². The molecule has 0 aliphatic heterocycles. The van der Waals surface area contributed by atoms with Crippen LogP contribution in [-0.2, 0) is 0 Å². The molecule has 1 heterocycles. The molecule has 72 valence electrons. The maximum Gasteiger partial charge on any atom is 0.132 e. The highest BCUT2D eigenvalue weighted by atomic mass is 35.5. The van der Waals surface area contributed by atoms with E-state index >= 15 is 0 Å². The number of hydrogen-bond acceptors (Lipinski definition) is 2. The topological polar surface area (TPSA) is 38.9 Å². The second kappa shape index (κ2) is 4.58. The fraction of sp³-hybridized carbons (Fsp3) is 0.500. The Hall–Kier alpha value is -0.600. The van der Waals surface area contributed by atoms with Gasteiger partial charge in [-0.3, -0.25) is 0 Å². The summed E-state index contributed by atoms with van der Waals surface area (Å²) in [4.78, 5) is 4.20. The van der Waals surface area contributed by atoms with E-state index in [9.17, 15) is 0 Å². The van der Waals surface area contributed by atoms with Gasteiger partial charge in [0.2, 0.25) is 0 Å². The SMILES string of the molecule is Cc1ccc(C(C)CCN)c(Cl)n1. The summed E-state index contributed by atoms with van der Waals surface area (Å²) in [6.45, 7) is 4.74. The lowest BCUT2D eigenvalue weighted by atomic mass is 9.99. The van der Waals surface area contributed by atoms with Gasteiger partial charge in [0.15, 0.2) is 0 Å².